The highest BCUT2D eigenvalue weighted by Gasteiger charge is 2.42. The molecular formula is C19H25FN2O3S. The maximum absolute atomic E-state index is 13.7. The highest BCUT2D eigenvalue weighted by atomic mass is 32.2. The van der Waals surface area contributed by atoms with Crippen LogP contribution in [0.2, 0.25) is 0 Å². The summed E-state index contributed by atoms with van der Waals surface area (Å²) in [4.78, 5) is 29.3. The van der Waals surface area contributed by atoms with E-state index in [2.05, 4.69) is 0 Å². The van der Waals surface area contributed by atoms with Gasteiger partial charge in [-0.25, -0.2) is 4.39 Å². The Labute approximate surface area is 157 Å². The average molecular weight is 380 g/mol. The van der Waals surface area contributed by atoms with Gasteiger partial charge in [-0.2, -0.15) is 0 Å². The molecule has 1 aromatic carbocycles. The number of thioether (sulfide) groups is 1. The monoisotopic (exact) mass is 380 g/mol. The SMILES string of the molecule is CC(C)C[C@H](C(=O)N1CCOCC1)N1C(=O)CS[C@@H]1c1cccc(F)c1. The summed E-state index contributed by atoms with van der Waals surface area (Å²) in [5.41, 5.74) is 0.726. The topological polar surface area (TPSA) is 49.9 Å². The van der Waals surface area contributed by atoms with Gasteiger partial charge in [0.05, 0.1) is 19.0 Å². The number of rotatable bonds is 5. The van der Waals surface area contributed by atoms with Gasteiger partial charge in [-0.3, -0.25) is 9.59 Å². The molecular weight excluding hydrogens is 355 g/mol. The van der Waals surface area contributed by atoms with Crippen molar-refractivity contribution < 1.29 is 18.7 Å². The van der Waals surface area contributed by atoms with Crippen molar-refractivity contribution >= 4 is 23.6 Å². The number of carbonyl (C=O) groups is 2. The van der Waals surface area contributed by atoms with Crippen LogP contribution in [0, 0.1) is 11.7 Å². The lowest BCUT2D eigenvalue weighted by Crippen LogP contribution is -2.53. The molecule has 2 aliphatic heterocycles. The first-order chi connectivity index (χ1) is 12.5. The van der Waals surface area contributed by atoms with Crippen LogP contribution in [0.4, 0.5) is 4.39 Å². The van der Waals surface area contributed by atoms with Crippen LogP contribution >= 0.6 is 11.8 Å². The quantitative estimate of drug-likeness (QED) is 0.788. The summed E-state index contributed by atoms with van der Waals surface area (Å²) in [6.07, 6.45) is 0.592. The molecule has 0 aliphatic carbocycles. The van der Waals surface area contributed by atoms with E-state index in [0.717, 1.165) is 5.56 Å². The zero-order valence-corrected chi connectivity index (χ0v) is 16.0. The Morgan fingerprint density at radius 3 is 2.73 bits per heavy atom. The zero-order valence-electron chi connectivity index (χ0n) is 15.2. The molecule has 3 rings (SSSR count). The summed E-state index contributed by atoms with van der Waals surface area (Å²) < 4.78 is 19.0. The molecule has 2 amide bonds. The molecule has 0 radical (unpaired) electrons. The van der Waals surface area contributed by atoms with E-state index in [1.807, 2.05) is 19.9 Å². The normalized spacial score (nSPS) is 22.2. The lowest BCUT2D eigenvalue weighted by molar-refractivity contribution is -0.148. The fraction of sp³-hybridized carbons (Fsp3) is 0.579. The van der Waals surface area contributed by atoms with E-state index in [9.17, 15) is 14.0 Å². The van der Waals surface area contributed by atoms with Gasteiger partial charge in [0.1, 0.15) is 17.2 Å². The van der Waals surface area contributed by atoms with Gasteiger partial charge in [0, 0.05) is 13.1 Å². The van der Waals surface area contributed by atoms with Crippen LogP contribution in [0.1, 0.15) is 31.2 Å². The number of morpholine rings is 1. The lowest BCUT2D eigenvalue weighted by atomic mass is 9.99. The van der Waals surface area contributed by atoms with E-state index in [1.165, 1.54) is 23.9 Å². The molecule has 26 heavy (non-hydrogen) atoms. The van der Waals surface area contributed by atoms with Gasteiger partial charge in [0.15, 0.2) is 0 Å². The summed E-state index contributed by atoms with van der Waals surface area (Å²) in [7, 11) is 0. The second kappa shape index (κ2) is 8.39. The molecule has 2 heterocycles. The first-order valence-electron chi connectivity index (χ1n) is 9.02. The predicted molar refractivity (Wildman–Crippen MR) is 99.1 cm³/mol. The third-order valence-corrected chi connectivity index (χ3v) is 5.91. The Bertz CT molecular complexity index is 664. The summed E-state index contributed by atoms with van der Waals surface area (Å²) in [6, 6.07) is 5.78. The van der Waals surface area contributed by atoms with Gasteiger partial charge >= 0.3 is 0 Å². The highest BCUT2D eigenvalue weighted by molar-refractivity contribution is 8.00. The molecule has 0 bridgehead atoms. The molecule has 0 unspecified atom stereocenters. The Balaban J connectivity index is 1.89. The van der Waals surface area contributed by atoms with Crippen LogP contribution in [-0.4, -0.2) is 59.7 Å². The molecule has 0 aromatic heterocycles. The van der Waals surface area contributed by atoms with E-state index in [-0.39, 0.29) is 28.9 Å². The molecule has 0 spiro atoms. The van der Waals surface area contributed by atoms with E-state index >= 15 is 0 Å². The average Bonchev–Trinajstić information content (AvgIpc) is 3.01. The van der Waals surface area contributed by atoms with Crippen molar-refractivity contribution in [3.8, 4) is 0 Å². The Morgan fingerprint density at radius 1 is 1.35 bits per heavy atom. The lowest BCUT2D eigenvalue weighted by Gasteiger charge is -2.37. The molecule has 2 saturated heterocycles. The molecule has 5 nitrogen and oxygen atoms in total. The van der Waals surface area contributed by atoms with Crippen molar-refractivity contribution in [1.82, 2.24) is 9.80 Å². The Morgan fingerprint density at radius 2 is 2.08 bits per heavy atom. The van der Waals surface area contributed by atoms with Gasteiger partial charge < -0.3 is 14.5 Å². The molecule has 2 fully saturated rings. The van der Waals surface area contributed by atoms with Crippen LogP contribution in [0.3, 0.4) is 0 Å². The number of amides is 2. The molecule has 2 atom stereocenters. The van der Waals surface area contributed by atoms with Gasteiger partial charge in [-0.15, -0.1) is 11.8 Å². The van der Waals surface area contributed by atoms with Crippen LogP contribution in [-0.2, 0) is 14.3 Å². The van der Waals surface area contributed by atoms with Crippen LogP contribution in [0.5, 0.6) is 0 Å². The standard InChI is InChI=1S/C19H25FN2O3S/c1-13(2)10-16(18(24)21-6-8-25-9-7-21)22-17(23)12-26-19(22)14-4-3-5-15(20)11-14/h3-5,11,13,16,19H,6-10,12H2,1-2H3/t16-,19-/m1/s1. The number of benzene rings is 1. The summed E-state index contributed by atoms with van der Waals surface area (Å²) in [5, 5.41) is -0.327. The number of ether oxygens (including phenoxy) is 1. The second-order valence-corrected chi connectivity index (χ2v) is 8.17. The van der Waals surface area contributed by atoms with Crippen LogP contribution in [0.15, 0.2) is 24.3 Å². The predicted octanol–water partition coefficient (Wildman–Crippen LogP) is 2.67. The third kappa shape index (κ3) is 4.20. The Kier molecular flexibility index (Phi) is 6.19. The fourth-order valence-corrected chi connectivity index (χ4v) is 4.68. The largest absolute Gasteiger partial charge is 0.378 e. The van der Waals surface area contributed by atoms with E-state index in [4.69, 9.17) is 4.74 Å². The molecule has 7 heteroatoms. The number of nitrogens with zero attached hydrogens (tertiary/aromatic N) is 2. The first-order valence-corrected chi connectivity index (χ1v) is 10.1. The number of hydrogen-bond acceptors (Lipinski definition) is 4. The van der Waals surface area contributed by atoms with Gasteiger partial charge in [-0.05, 0) is 30.0 Å². The minimum Gasteiger partial charge on any atom is -0.378 e. The minimum atomic E-state index is -0.524. The summed E-state index contributed by atoms with van der Waals surface area (Å²) in [5.74, 6) is 0.154. The number of carbonyl (C=O) groups excluding carboxylic acids is 2. The van der Waals surface area contributed by atoms with Gasteiger partial charge in [0.25, 0.3) is 0 Å². The molecule has 0 N–H and O–H groups in total. The van der Waals surface area contributed by atoms with Crippen LogP contribution in [0.25, 0.3) is 0 Å². The number of hydrogen-bond donors (Lipinski definition) is 0. The third-order valence-electron chi connectivity index (χ3n) is 4.68. The van der Waals surface area contributed by atoms with E-state index in [1.54, 1.807) is 15.9 Å². The molecule has 0 saturated carbocycles. The van der Waals surface area contributed by atoms with Crippen molar-refractivity contribution in [2.24, 2.45) is 5.92 Å². The van der Waals surface area contributed by atoms with Crippen molar-refractivity contribution in [2.75, 3.05) is 32.1 Å². The molecule has 1 aromatic rings. The highest BCUT2D eigenvalue weighted by Crippen LogP contribution is 2.41. The minimum absolute atomic E-state index is 0.0285. The second-order valence-electron chi connectivity index (χ2n) is 7.10. The van der Waals surface area contributed by atoms with Crippen LogP contribution < -0.4 is 0 Å². The maximum atomic E-state index is 13.7. The fourth-order valence-electron chi connectivity index (χ4n) is 3.46. The van der Waals surface area contributed by atoms with Crippen molar-refractivity contribution in [3.05, 3.63) is 35.6 Å². The van der Waals surface area contributed by atoms with E-state index in [0.29, 0.717) is 38.5 Å². The zero-order chi connectivity index (χ0) is 18.7. The summed E-state index contributed by atoms with van der Waals surface area (Å²) in [6.45, 7) is 6.24. The smallest absolute Gasteiger partial charge is 0.245 e. The summed E-state index contributed by atoms with van der Waals surface area (Å²) >= 11 is 1.45. The van der Waals surface area contributed by atoms with E-state index < -0.39 is 6.04 Å². The van der Waals surface area contributed by atoms with Crippen molar-refractivity contribution in [2.45, 2.75) is 31.7 Å². The van der Waals surface area contributed by atoms with Gasteiger partial charge in [-0.1, -0.05) is 26.0 Å². The van der Waals surface area contributed by atoms with Crippen molar-refractivity contribution in [3.63, 3.8) is 0 Å². The van der Waals surface area contributed by atoms with Gasteiger partial charge in [0.2, 0.25) is 11.8 Å². The first kappa shape index (κ1) is 19.2. The molecule has 2 aliphatic rings. The Hall–Kier alpha value is -1.60. The molecule has 142 valence electrons. The maximum Gasteiger partial charge on any atom is 0.245 e. The number of halogens is 1. The van der Waals surface area contributed by atoms with Crippen molar-refractivity contribution in [1.29, 1.82) is 0 Å².